The molecule has 0 aliphatic carbocycles. The third-order valence-electron chi connectivity index (χ3n) is 4.05. The largest absolute Gasteiger partial charge is 0.356 e. The first-order chi connectivity index (χ1) is 11.1. The summed E-state index contributed by atoms with van der Waals surface area (Å²) in [6.07, 6.45) is 2.06. The highest BCUT2D eigenvalue weighted by Gasteiger charge is 2.25. The zero-order chi connectivity index (χ0) is 16.7. The number of carbonyl (C=O) groups is 1. The number of amides is 1. The van der Waals surface area contributed by atoms with E-state index in [0.29, 0.717) is 37.5 Å². The second-order valence-electron chi connectivity index (χ2n) is 5.66. The number of guanidine groups is 1. The minimum atomic E-state index is -0.179. The van der Waals surface area contributed by atoms with Gasteiger partial charge in [0.15, 0.2) is 5.96 Å². The highest BCUT2D eigenvalue weighted by Crippen LogP contribution is 2.10. The SMILES string of the molecule is CCC(=O)N1CCC(NC(=NC)NCCc2ccccc2F)C1. The van der Waals surface area contributed by atoms with Gasteiger partial charge in [-0.3, -0.25) is 9.79 Å². The van der Waals surface area contributed by atoms with Crippen LogP contribution in [0.3, 0.4) is 0 Å². The van der Waals surface area contributed by atoms with E-state index in [2.05, 4.69) is 15.6 Å². The summed E-state index contributed by atoms with van der Waals surface area (Å²) in [7, 11) is 1.71. The van der Waals surface area contributed by atoms with Crippen molar-refractivity contribution in [1.82, 2.24) is 15.5 Å². The second-order valence-corrected chi connectivity index (χ2v) is 5.66. The van der Waals surface area contributed by atoms with E-state index in [4.69, 9.17) is 0 Å². The molecule has 1 amide bonds. The maximum absolute atomic E-state index is 13.6. The normalized spacial score (nSPS) is 18.1. The van der Waals surface area contributed by atoms with Gasteiger partial charge in [0.05, 0.1) is 0 Å². The van der Waals surface area contributed by atoms with Gasteiger partial charge in [-0.25, -0.2) is 4.39 Å². The molecule has 1 fully saturated rings. The Hall–Kier alpha value is -2.11. The van der Waals surface area contributed by atoms with E-state index in [1.165, 1.54) is 6.07 Å². The minimum Gasteiger partial charge on any atom is -0.356 e. The van der Waals surface area contributed by atoms with Crippen LogP contribution in [0.2, 0.25) is 0 Å². The van der Waals surface area contributed by atoms with E-state index < -0.39 is 0 Å². The number of nitrogens with one attached hydrogen (secondary N) is 2. The number of hydrogen-bond acceptors (Lipinski definition) is 2. The summed E-state index contributed by atoms with van der Waals surface area (Å²) in [4.78, 5) is 17.8. The summed E-state index contributed by atoms with van der Waals surface area (Å²) >= 11 is 0. The number of benzene rings is 1. The fourth-order valence-corrected chi connectivity index (χ4v) is 2.73. The van der Waals surface area contributed by atoms with Crippen LogP contribution in [0, 0.1) is 5.82 Å². The molecule has 1 heterocycles. The van der Waals surface area contributed by atoms with E-state index in [0.717, 1.165) is 13.0 Å². The molecule has 1 aliphatic heterocycles. The molecule has 0 aromatic heterocycles. The van der Waals surface area contributed by atoms with Crippen molar-refractivity contribution in [2.24, 2.45) is 4.99 Å². The Morgan fingerprint density at radius 3 is 2.91 bits per heavy atom. The van der Waals surface area contributed by atoms with Gasteiger partial charge in [-0.1, -0.05) is 25.1 Å². The average Bonchev–Trinajstić information content (AvgIpc) is 3.03. The summed E-state index contributed by atoms with van der Waals surface area (Å²) in [6, 6.07) is 7.00. The Kier molecular flexibility index (Phi) is 6.38. The summed E-state index contributed by atoms with van der Waals surface area (Å²) in [5.41, 5.74) is 0.691. The summed E-state index contributed by atoms with van der Waals surface area (Å²) in [5.74, 6) is 0.704. The van der Waals surface area contributed by atoms with Crippen LogP contribution in [-0.2, 0) is 11.2 Å². The van der Waals surface area contributed by atoms with Gasteiger partial charge < -0.3 is 15.5 Å². The fraction of sp³-hybridized carbons (Fsp3) is 0.529. The molecule has 6 heteroatoms. The van der Waals surface area contributed by atoms with Crippen LogP contribution in [0.15, 0.2) is 29.3 Å². The van der Waals surface area contributed by atoms with Crippen molar-refractivity contribution >= 4 is 11.9 Å². The zero-order valence-corrected chi connectivity index (χ0v) is 13.8. The highest BCUT2D eigenvalue weighted by molar-refractivity contribution is 5.80. The lowest BCUT2D eigenvalue weighted by atomic mass is 10.1. The van der Waals surface area contributed by atoms with Gasteiger partial charge >= 0.3 is 0 Å². The highest BCUT2D eigenvalue weighted by atomic mass is 19.1. The summed E-state index contributed by atoms with van der Waals surface area (Å²) in [5, 5.41) is 6.53. The molecule has 1 aliphatic rings. The van der Waals surface area contributed by atoms with Crippen LogP contribution in [0.1, 0.15) is 25.3 Å². The third-order valence-corrected chi connectivity index (χ3v) is 4.05. The van der Waals surface area contributed by atoms with Gasteiger partial charge in [0.2, 0.25) is 5.91 Å². The van der Waals surface area contributed by atoms with Gasteiger partial charge in [-0.15, -0.1) is 0 Å². The molecule has 0 spiro atoms. The van der Waals surface area contributed by atoms with Gasteiger partial charge in [0.1, 0.15) is 5.82 Å². The lowest BCUT2D eigenvalue weighted by Gasteiger charge is -2.18. The monoisotopic (exact) mass is 320 g/mol. The lowest BCUT2D eigenvalue weighted by Crippen LogP contribution is -2.45. The number of rotatable bonds is 5. The van der Waals surface area contributed by atoms with Crippen LogP contribution in [-0.4, -0.2) is 49.5 Å². The zero-order valence-electron chi connectivity index (χ0n) is 13.8. The number of halogens is 1. The first-order valence-electron chi connectivity index (χ1n) is 8.12. The smallest absolute Gasteiger partial charge is 0.222 e. The van der Waals surface area contributed by atoms with Crippen LogP contribution >= 0.6 is 0 Å². The van der Waals surface area contributed by atoms with Crippen molar-refractivity contribution in [3.8, 4) is 0 Å². The molecule has 1 atom stereocenters. The Balaban J connectivity index is 1.76. The molecular weight excluding hydrogens is 295 g/mol. The number of aliphatic imine (C=N–C) groups is 1. The molecule has 0 radical (unpaired) electrons. The number of carbonyl (C=O) groups excluding carboxylic acids is 1. The molecular formula is C17H25FN4O. The Bertz CT molecular complexity index is 561. The first-order valence-corrected chi connectivity index (χ1v) is 8.12. The molecule has 1 aromatic carbocycles. The maximum Gasteiger partial charge on any atom is 0.222 e. The van der Waals surface area contributed by atoms with Crippen molar-refractivity contribution in [2.45, 2.75) is 32.2 Å². The van der Waals surface area contributed by atoms with Gasteiger partial charge in [0, 0.05) is 39.1 Å². The molecule has 0 bridgehead atoms. The quantitative estimate of drug-likeness (QED) is 0.639. The standard InChI is InChI=1S/C17H25FN4O/c1-3-16(23)22-11-9-14(12-22)21-17(19-2)20-10-8-13-6-4-5-7-15(13)18/h4-7,14H,3,8-12H2,1-2H3,(H2,19,20,21). The second kappa shape index (κ2) is 8.50. The molecule has 2 rings (SSSR count). The van der Waals surface area contributed by atoms with Gasteiger partial charge in [-0.2, -0.15) is 0 Å². The maximum atomic E-state index is 13.6. The van der Waals surface area contributed by atoms with Gasteiger partial charge in [0.25, 0.3) is 0 Å². The molecule has 5 nitrogen and oxygen atoms in total. The predicted octanol–water partition coefficient (Wildman–Crippen LogP) is 1.54. The van der Waals surface area contributed by atoms with Crippen LogP contribution in [0.5, 0.6) is 0 Å². The molecule has 1 aromatic rings. The molecule has 23 heavy (non-hydrogen) atoms. The Labute approximate surface area is 137 Å². The Morgan fingerprint density at radius 2 is 2.22 bits per heavy atom. The molecule has 0 saturated carbocycles. The van der Waals surface area contributed by atoms with Gasteiger partial charge in [-0.05, 0) is 24.5 Å². The Morgan fingerprint density at radius 1 is 1.43 bits per heavy atom. The van der Waals surface area contributed by atoms with Crippen molar-refractivity contribution in [1.29, 1.82) is 0 Å². The number of likely N-dealkylation sites (tertiary alicyclic amines) is 1. The van der Waals surface area contributed by atoms with E-state index in [9.17, 15) is 9.18 Å². The van der Waals surface area contributed by atoms with E-state index in [1.807, 2.05) is 17.9 Å². The third kappa shape index (κ3) is 4.94. The molecule has 1 unspecified atom stereocenters. The van der Waals surface area contributed by atoms with E-state index >= 15 is 0 Å². The summed E-state index contributed by atoms with van der Waals surface area (Å²) in [6.45, 7) is 3.98. The topological polar surface area (TPSA) is 56.7 Å². The van der Waals surface area contributed by atoms with Crippen molar-refractivity contribution in [3.05, 3.63) is 35.6 Å². The van der Waals surface area contributed by atoms with E-state index in [1.54, 1.807) is 19.2 Å². The predicted molar refractivity (Wildman–Crippen MR) is 89.9 cm³/mol. The van der Waals surface area contributed by atoms with Crippen molar-refractivity contribution in [3.63, 3.8) is 0 Å². The first kappa shape index (κ1) is 17.2. The van der Waals surface area contributed by atoms with Crippen LogP contribution in [0.4, 0.5) is 4.39 Å². The minimum absolute atomic E-state index is 0.179. The van der Waals surface area contributed by atoms with Crippen LogP contribution < -0.4 is 10.6 Å². The van der Waals surface area contributed by atoms with Crippen molar-refractivity contribution in [2.75, 3.05) is 26.7 Å². The lowest BCUT2D eigenvalue weighted by molar-refractivity contribution is -0.129. The van der Waals surface area contributed by atoms with E-state index in [-0.39, 0.29) is 17.8 Å². The molecule has 126 valence electrons. The molecule has 1 saturated heterocycles. The average molecular weight is 320 g/mol. The fourth-order valence-electron chi connectivity index (χ4n) is 2.73. The molecule has 2 N–H and O–H groups in total. The number of nitrogens with zero attached hydrogens (tertiary/aromatic N) is 2. The van der Waals surface area contributed by atoms with Crippen LogP contribution in [0.25, 0.3) is 0 Å². The summed E-state index contributed by atoms with van der Waals surface area (Å²) < 4.78 is 13.6. The number of hydrogen-bond donors (Lipinski definition) is 2. The van der Waals surface area contributed by atoms with Crippen molar-refractivity contribution < 1.29 is 9.18 Å².